The van der Waals surface area contributed by atoms with Gasteiger partial charge in [0, 0.05) is 5.92 Å². The van der Waals surface area contributed by atoms with Gasteiger partial charge >= 0.3 is 0 Å². The van der Waals surface area contributed by atoms with Gasteiger partial charge in [-0.1, -0.05) is 13.0 Å². The van der Waals surface area contributed by atoms with Gasteiger partial charge in [-0.25, -0.2) is 0 Å². The number of rotatable bonds is 2. The summed E-state index contributed by atoms with van der Waals surface area (Å²) in [6.07, 6.45) is 2.48. The smallest absolute Gasteiger partial charge is 0.156 e. The summed E-state index contributed by atoms with van der Waals surface area (Å²) in [7, 11) is 0. The lowest BCUT2D eigenvalue weighted by Crippen LogP contribution is -1.87. The minimum Gasteiger partial charge on any atom is -0.297 e. The summed E-state index contributed by atoms with van der Waals surface area (Å²) in [6.45, 7) is 1.95. The van der Waals surface area contributed by atoms with Crippen molar-refractivity contribution in [2.75, 3.05) is 0 Å². The van der Waals surface area contributed by atoms with Gasteiger partial charge < -0.3 is 0 Å². The van der Waals surface area contributed by atoms with Crippen molar-refractivity contribution in [1.29, 1.82) is 0 Å². The fourth-order valence-electron chi connectivity index (χ4n) is 0.976. The summed E-state index contributed by atoms with van der Waals surface area (Å²) < 4.78 is -0.153. The lowest BCUT2D eigenvalue weighted by Gasteiger charge is -1.90. The summed E-state index contributed by atoms with van der Waals surface area (Å²) in [5, 5.41) is 0. The number of alkyl halides is 2. The van der Waals surface area contributed by atoms with E-state index < -0.39 is 4.33 Å². The van der Waals surface area contributed by atoms with Crippen LogP contribution in [-0.2, 0) is 4.79 Å². The van der Waals surface area contributed by atoms with E-state index in [1.807, 2.05) is 6.92 Å². The molecule has 1 saturated carbocycles. The number of carbonyl (C=O) groups is 1. The Kier molecular flexibility index (Phi) is 2.67. The Hall–Kier alpha value is 0.470. The molecular formula is C7H7BrCl2O. The van der Waals surface area contributed by atoms with Crippen molar-refractivity contribution in [1.82, 2.24) is 0 Å². The summed E-state index contributed by atoms with van der Waals surface area (Å²) in [5.74, 6) is 0.337. The fourth-order valence-corrected chi connectivity index (χ4v) is 1.91. The molecule has 1 aliphatic carbocycles. The van der Waals surface area contributed by atoms with Crippen LogP contribution in [0.25, 0.3) is 0 Å². The second kappa shape index (κ2) is 3.08. The van der Waals surface area contributed by atoms with Crippen LogP contribution in [0.1, 0.15) is 6.92 Å². The Morgan fingerprint density at radius 1 is 1.64 bits per heavy atom. The maximum atomic E-state index is 10.2. The van der Waals surface area contributed by atoms with Crippen molar-refractivity contribution in [3.63, 3.8) is 0 Å². The summed E-state index contributed by atoms with van der Waals surface area (Å²) in [5.41, 5.74) is 0. The van der Waals surface area contributed by atoms with Crippen molar-refractivity contribution < 1.29 is 4.79 Å². The Bertz CT molecular complexity index is 212. The first-order valence-electron chi connectivity index (χ1n) is 3.20. The highest BCUT2D eigenvalue weighted by atomic mass is 79.9. The van der Waals surface area contributed by atoms with Crippen molar-refractivity contribution in [2.45, 2.75) is 11.3 Å². The van der Waals surface area contributed by atoms with E-state index in [0.717, 1.165) is 6.29 Å². The van der Waals surface area contributed by atoms with Crippen LogP contribution in [0, 0.1) is 11.8 Å². The molecule has 0 N–H and O–H groups in total. The highest BCUT2D eigenvalue weighted by molar-refractivity contribution is 9.12. The Labute approximate surface area is 83.9 Å². The first-order chi connectivity index (χ1) is 5.00. The molecule has 0 bridgehead atoms. The van der Waals surface area contributed by atoms with E-state index in [1.165, 1.54) is 0 Å². The van der Waals surface area contributed by atoms with Crippen LogP contribution < -0.4 is 0 Å². The molecular weight excluding hydrogens is 251 g/mol. The van der Waals surface area contributed by atoms with E-state index >= 15 is 0 Å². The van der Waals surface area contributed by atoms with Gasteiger partial charge in [-0.2, -0.15) is 0 Å². The number of hydrogen-bond donors (Lipinski definition) is 0. The van der Waals surface area contributed by atoms with Crippen LogP contribution in [-0.4, -0.2) is 10.6 Å². The molecule has 0 amide bonds. The quantitative estimate of drug-likeness (QED) is 0.422. The third-order valence-electron chi connectivity index (χ3n) is 1.93. The van der Waals surface area contributed by atoms with Crippen LogP contribution in [0.4, 0.5) is 0 Å². The summed E-state index contributed by atoms with van der Waals surface area (Å²) in [4.78, 5) is 10.2. The van der Waals surface area contributed by atoms with Gasteiger partial charge in [0.1, 0.15) is 4.33 Å². The zero-order chi connectivity index (χ0) is 8.65. The molecule has 0 radical (unpaired) electrons. The third-order valence-corrected chi connectivity index (χ3v) is 3.58. The fraction of sp³-hybridized carbons (Fsp3) is 0.571. The number of aldehydes is 1. The molecule has 0 aliphatic heterocycles. The molecule has 0 saturated heterocycles. The average Bonchev–Trinajstić information content (AvgIpc) is 2.39. The van der Waals surface area contributed by atoms with E-state index in [9.17, 15) is 4.79 Å². The predicted molar refractivity (Wildman–Crippen MR) is 50.2 cm³/mol. The van der Waals surface area contributed by atoms with Gasteiger partial charge in [-0.15, -0.1) is 23.2 Å². The van der Waals surface area contributed by atoms with Crippen LogP contribution in [0.5, 0.6) is 0 Å². The van der Waals surface area contributed by atoms with Crippen molar-refractivity contribution in [2.24, 2.45) is 11.8 Å². The van der Waals surface area contributed by atoms with Crippen molar-refractivity contribution in [3.8, 4) is 0 Å². The van der Waals surface area contributed by atoms with Gasteiger partial charge in [-0.3, -0.25) is 4.79 Å². The molecule has 11 heavy (non-hydrogen) atoms. The molecule has 0 aromatic rings. The second-order valence-electron chi connectivity index (χ2n) is 2.66. The Morgan fingerprint density at radius 2 is 2.09 bits per heavy atom. The SMILES string of the molecule is CC1C(/C=C(\Br)C=O)C1(Cl)Cl. The molecule has 4 heteroatoms. The number of carbonyl (C=O) groups excluding carboxylic acids is 1. The second-order valence-corrected chi connectivity index (χ2v) is 5.02. The molecule has 0 spiro atoms. The third kappa shape index (κ3) is 1.79. The molecule has 0 aromatic carbocycles. The lowest BCUT2D eigenvalue weighted by atomic mass is 10.3. The molecule has 1 nitrogen and oxygen atoms in total. The first kappa shape index (κ1) is 9.56. The zero-order valence-corrected chi connectivity index (χ0v) is 8.95. The molecule has 62 valence electrons. The lowest BCUT2D eigenvalue weighted by molar-refractivity contribution is -0.104. The van der Waals surface area contributed by atoms with Crippen molar-refractivity contribution in [3.05, 3.63) is 10.6 Å². The highest BCUT2D eigenvalue weighted by Crippen LogP contribution is 2.59. The molecule has 0 aromatic heterocycles. The first-order valence-corrected chi connectivity index (χ1v) is 4.75. The summed E-state index contributed by atoms with van der Waals surface area (Å²) >= 11 is 14.8. The van der Waals surface area contributed by atoms with Gasteiger partial charge in [-0.05, 0) is 21.8 Å². The molecule has 1 fully saturated rings. The molecule has 1 aliphatic rings. The molecule has 0 heterocycles. The predicted octanol–water partition coefficient (Wildman–Crippen LogP) is 2.90. The average molecular weight is 258 g/mol. The molecule has 1 rings (SSSR count). The normalized spacial score (nSPS) is 35.1. The van der Waals surface area contributed by atoms with E-state index in [2.05, 4.69) is 15.9 Å². The van der Waals surface area contributed by atoms with Crippen LogP contribution >= 0.6 is 39.1 Å². The van der Waals surface area contributed by atoms with E-state index in [0.29, 0.717) is 4.48 Å². The van der Waals surface area contributed by atoms with Gasteiger partial charge in [0.15, 0.2) is 6.29 Å². The van der Waals surface area contributed by atoms with Crippen LogP contribution in [0.15, 0.2) is 10.6 Å². The number of hydrogen-bond acceptors (Lipinski definition) is 1. The van der Waals surface area contributed by atoms with Crippen LogP contribution in [0.2, 0.25) is 0 Å². The maximum absolute atomic E-state index is 10.2. The van der Waals surface area contributed by atoms with Crippen LogP contribution in [0.3, 0.4) is 0 Å². The van der Waals surface area contributed by atoms with Gasteiger partial charge in [0.2, 0.25) is 0 Å². The standard InChI is InChI=1S/C7H7BrCl2O/c1-4-6(7(4,9)10)2-5(8)3-11/h2-4,6H,1H3/b5-2-. The minimum atomic E-state index is -0.665. The van der Waals surface area contributed by atoms with Gasteiger partial charge in [0.25, 0.3) is 0 Å². The molecule has 2 unspecified atom stereocenters. The van der Waals surface area contributed by atoms with E-state index in [4.69, 9.17) is 23.2 Å². The van der Waals surface area contributed by atoms with Gasteiger partial charge in [0.05, 0.1) is 4.48 Å². The van der Waals surface area contributed by atoms with E-state index in [1.54, 1.807) is 6.08 Å². The monoisotopic (exact) mass is 256 g/mol. The van der Waals surface area contributed by atoms with E-state index in [-0.39, 0.29) is 11.8 Å². The zero-order valence-electron chi connectivity index (χ0n) is 5.85. The number of halogens is 3. The largest absolute Gasteiger partial charge is 0.297 e. The Balaban J connectivity index is 2.62. The van der Waals surface area contributed by atoms with Crippen molar-refractivity contribution >= 4 is 45.4 Å². The summed E-state index contributed by atoms with van der Waals surface area (Å²) in [6, 6.07) is 0. The molecule has 2 atom stereocenters. The Morgan fingerprint density at radius 3 is 2.36 bits per heavy atom. The minimum absolute atomic E-state index is 0.102. The maximum Gasteiger partial charge on any atom is 0.156 e. The number of allylic oxidation sites excluding steroid dienone is 2. The highest BCUT2D eigenvalue weighted by Gasteiger charge is 2.58. The topological polar surface area (TPSA) is 17.1 Å².